The average molecular weight is 563 g/mol. The van der Waals surface area contributed by atoms with Crippen molar-refractivity contribution in [3.8, 4) is 11.5 Å². The van der Waals surface area contributed by atoms with Gasteiger partial charge in [-0.3, -0.25) is 9.59 Å². The quantitative estimate of drug-likeness (QED) is 0.236. The molecule has 2 amide bonds. The Hall–Kier alpha value is -2.19. The van der Waals surface area contributed by atoms with Crippen LogP contribution in [0.4, 0.5) is 5.69 Å². The number of halogens is 2. The molecule has 0 aromatic heterocycles. The summed E-state index contributed by atoms with van der Waals surface area (Å²) >= 11 is 7.39. The summed E-state index contributed by atoms with van der Waals surface area (Å²) < 4.78 is 10.9. The van der Waals surface area contributed by atoms with Gasteiger partial charge in [0.05, 0.1) is 17.5 Å². The first kappa shape index (κ1) is 21.6. The molecule has 166 valence electrons. The Bertz CT molecular complexity index is 1070. The number of hydrogen-bond acceptors (Lipinski definition) is 5. The second-order valence-corrected chi connectivity index (χ2v) is 10.7. The van der Waals surface area contributed by atoms with E-state index >= 15 is 0 Å². The molecule has 6 nitrogen and oxygen atoms in total. The maximum absolute atomic E-state index is 13.2. The number of amides is 2. The van der Waals surface area contributed by atoms with Gasteiger partial charge in [-0.05, 0) is 48.9 Å². The lowest BCUT2D eigenvalue weighted by Crippen LogP contribution is -2.37. The molecule has 3 fully saturated rings. The van der Waals surface area contributed by atoms with E-state index in [0.29, 0.717) is 11.4 Å². The molecule has 1 heterocycles. The van der Waals surface area contributed by atoms with Crippen molar-refractivity contribution in [3.63, 3.8) is 0 Å². The molecule has 0 unspecified atom stereocenters. The van der Waals surface area contributed by atoms with E-state index in [4.69, 9.17) is 9.47 Å². The molecule has 32 heavy (non-hydrogen) atoms. The molecule has 2 aromatic rings. The zero-order valence-electron chi connectivity index (χ0n) is 17.2. The van der Waals surface area contributed by atoms with Crippen LogP contribution in [0.3, 0.4) is 0 Å². The molecule has 0 spiro atoms. The van der Waals surface area contributed by atoms with Crippen molar-refractivity contribution < 1.29 is 23.9 Å². The van der Waals surface area contributed by atoms with Gasteiger partial charge in [-0.2, -0.15) is 0 Å². The lowest BCUT2D eigenvalue weighted by Gasteiger charge is -2.28. The highest BCUT2D eigenvalue weighted by Gasteiger charge is 2.66. The molecular weight excluding hydrogens is 542 g/mol. The number of carbonyl (C=O) groups excluding carboxylic acids is 3. The summed E-state index contributed by atoms with van der Waals surface area (Å²) in [6.07, 6.45) is 0.880. The van der Waals surface area contributed by atoms with Gasteiger partial charge in [0.1, 0.15) is 11.5 Å². The van der Waals surface area contributed by atoms with Crippen LogP contribution < -0.4 is 14.4 Å². The van der Waals surface area contributed by atoms with Crippen molar-refractivity contribution in [1.82, 2.24) is 0 Å². The topological polar surface area (TPSA) is 72.9 Å². The second-order valence-electron chi connectivity index (χ2n) is 8.54. The molecule has 2 saturated carbocycles. The van der Waals surface area contributed by atoms with Crippen LogP contribution in [0.25, 0.3) is 0 Å². The highest BCUT2D eigenvalue weighted by Crippen LogP contribution is 2.60. The first-order chi connectivity index (χ1) is 15.4. The van der Waals surface area contributed by atoms with Crippen molar-refractivity contribution in [1.29, 1.82) is 0 Å². The van der Waals surface area contributed by atoms with Gasteiger partial charge in [0.15, 0.2) is 6.61 Å². The second kappa shape index (κ2) is 8.30. The summed E-state index contributed by atoms with van der Waals surface area (Å²) in [5.41, 5.74) is 1.35. The van der Waals surface area contributed by atoms with Gasteiger partial charge in [-0.1, -0.05) is 56.1 Å². The monoisotopic (exact) mass is 561 g/mol. The Balaban J connectivity index is 1.29. The number of para-hydroxylation sites is 1. The van der Waals surface area contributed by atoms with E-state index in [1.165, 1.54) is 4.90 Å². The minimum atomic E-state index is -0.566. The predicted molar refractivity (Wildman–Crippen MR) is 125 cm³/mol. The number of benzene rings is 2. The summed E-state index contributed by atoms with van der Waals surface area (Å²) in [6, 6.07) is 13.9. The predicted octanol–water partition coefficient (Wildman–Crippen LogP) is 4.26. The SMILES string of the molecule is Cc1ccccc1OCC(=O)Oc1cccc(N2C(=O)[C@@H]3[C@H]4C[C@@H]([C@@H](Br)[C@H]4Br)[C@H]3C2=O)c1. The van der Waals surface area contributed by atoms with Gasteiger partial charge < -0.3 is 9.47 Å². The average Bonchev–Trinajstić information content (AvgIpc) is 3.38. The number of esters is 1. The first-order valence-electron chi connectivity index (χ1n) is 10.5. The number of carbonyl (C=O) groups is 3. The Kier molecular flexibility index (Phi) is 5.61. The number of alkyl halides is 2. The van der Waals surface area contributed by atoms with Crippen LogP contribution in [0.1, 0.15) is 12.0 Å². The molecule has 2 aliphatic carbocycles. The molecule has 0 radical (unpaired) electrons. The number of ether oxygens (including phenoxy) is 2. The fourth-order valence-electron chi connectivity index (χ4n) is 5.31. The van der Waals surface area contributed by atoms with Crippen molar-refractivity contribution in [2.75, 3.05) is 11.5 Å². The minimum absolute atomic E-state index is 0.149. The molecule has 8 heteroatoms. The van der Waals surface area contributed by atoms with Gasteiger partial charge in [0, 0.05) is 15.7 Å². The standard InChI is InChI=1S/C24H21Br2NO5/c1-12-5-2-3-8-17(12)31-11-18(28)32-14-7-4-6-13(9-14)27-23(29)19-15-10-16(20(19)24(27)30)22(26)21(15)25/h2-9,15-16,19-22H,10-11H2,1H3/t15-,16-,19-,20-,21-,22+/m1/s1. The number of hydrogen-bond donors (Lipinski definition) is 0. The minimum Gasteiger partial charge on any atom is -0.482 e. The van der Waals surface area contributed by atoms with E-state index in [1.807, 2.05) is 25.1 Å². The van der Waals surface area contributed by atoms with Gasteiger partial charge in [-0.25, -0.2) is 9.69 Å². The number of nitrogens with zero attached hydrogens (tertiary/aromatic N) is 1. The Labute approximate surface area is 202 Å². The van der Waals surface area contributed by atoms with Crippen molar-refractivity contribution >= 4 is 55.3 Å². The highest BCUT2D eigenvalue weighted by molar-refractivity contribution is 9.12. The van der Waals surface area contributed by atoms with Crippen LogP contribution in [0.15, 0.2) is 48.5 Å². The van der Waals surface area contributed by atoms with E-state index in [2.05, 4.69) is 31.9 Å². The molecular formula is C24H21Br2NO5. The smallest absolute Gasteiger partial charge is 0.349 e. The van der Waals surface area contributed by atoms with Crippen LogP contribution in [-0.4, -0.2) is 34.0 Å². The third kappa shape index (κ3) is 3.48. The van der Waals surface area contributed by atoms with Crippen LogP contribution in [0.5, 0.6) is 11.5 Å². The molecule has 2 aromatic carbocycles. The number of aryl methyl sites for hydroxylation is 1. The number of imide groups is 1. The number of anilines is 1. The lowest BCUT2D eigenvalue weighted by molar-refractivity contribution is -0.136. The first-order valence-corrected chi connectivity index (χ1v) is 12.3. The highest BCUT2D eigenvalue weighted by atomic mass is 79.9. The van der Waals surface area contributed by atoms with Crippen LogP contribution in [0, 0.1) is 30.6 Å². The molecule has 0 N–H and O–H groups in total. The van der Waals surface area contributed by atoms with Crippen LogP contribution in [-0.2, 0) is 14.4 Å². The Morgan fingerprint density at radius 1 is 1.00 bits per heavy atom. The Morgan fingerprint density at radius 3 is 2.31 bits per heavy atom. The summed E-state index contributed by atoms with van der Waals surface area (Å²) in [5.74, 6) is -0.306. The normalized spacial score (nSPS) is 30.5. The van der Waals surface area contributed by atoms with E-state index in [-0.39, 0.29) is 57.5 Å². The molecule has 1 saturated heterocycles. The largest absolute Gasteiger partial charge is 0.482 e. The van der Waals surface area contributed by atoms with Crippen molar-refractivity contribution in [2.45, 2.75) is 23.0 Å². The fraction of sp³-hybridized carbons (Fsp3) is 0.375. The number of fused-ring (bicyclic) bond motifs is 5. The summed E-state index contributed by atoms with van der Waals surface area (Å²) in [7, 11) is 0. The van der Waals surface area contributed by atoms with Crippen molar-refractivity contribution in [3.05, 3.63) is 54.1 Å². The summed E-state index contributed by atoms with van der Waals surface area (Å²) in [5, 5.41) is 0. The molecule has 1 aliphatic heterocycles. The molecule has 6 atom stereocenters. The van der Waals surface area contributed by atoms with Crippen molar-refractivity contribution in [2.24, 2.45) is 23.7 Å². The zero-order chi connectivity index (χ0) is 22.6. The van der Waals surface area contributed by atoms with Crippen LogP contribution >= 0.6 is 31.9 Å². The third-order valence-electron chi connectivity index (χ3n) is 6.73. The van der Waals surface area contributed by atoms with Crippen LogP contribution in [0.2, 0.25) is 0 Å². The van der Waals surface area contributed by atoms with E-state index in [0.717, 1.165) is 12.0 Å². The van der Waals surface area contributed by atoms with E-state index < -0.39 is 5.97 Å². The van der Waals surface area contributed by atoms with Gasteiger partial charge in [0.25, 0.3) is 0 Å². The summed E-state index contributed by atoms with van der Waals surface area (Å²) in [6.45, 7) is 1.65. The maximum atomic E-state index is 13.2. The van der Waals surface area contributed by atoms with Gasteiger partial charge in [-0.15, -0.1) is 0 Å². The third-order valence-corrected chi connectivity index (χ3v) is 9.94. The van der Waals surface area contributed by atoms with E-state index in [9.17, 15) is 14.4 Å². The van der Waals surface area contributed by atoms with Gasteiger partial charge in [0.2, 0.25) is 11.8 Å². The lowest BCUT2D eigenvalue weighted by atomic mass is 9.81. The molecule has 2 bridgehead atoms. The Morgan fingerprint density at radius 2 is 1.66 bits per heavy atom. The number of rotatable bonds is 5. The maximum Gasteiger partial charge on any atom is 0.349 e. The summed E-state index contributed by atoms with van der Waals surface area (Å²) in [4.78, 5) is 40.3. The molecule has 5 rings (SSSR count). The fourth-order valence-corrected chi connectivity index (χ4v) is 7.18. The molecule has 3 aliphatic rings. The van der Waals surface area contributed by atoms with E-state index in [1.54, 1.807) is 30.3 Å². The van der Waals surface area contributed by atoms with Gasteiger partial charge >= 0.3 is 5.97 Å². The zero-order valence-corrected chi connectivity index (χ0v) is 20.4.